The van der Waals surface area contributed by atoms with E-state index in [1.54, 1.807) is 0 Å². The highest BCUT2D eigenvalue weighted by molar-refractivity contribution is 7.90. The van der Waals surface area contributed by atoms with Crippen LogP contribution in [0.3, 0.4) is 0 Å². The molecular weight excluding hydrogens is 238 g/mol. The molecular formula is C12H25NO3S. The molecule has 0 rings (SSSR count). The van der Waals surface area contributed by atoms with E-state index in [9.17, 15) is 13.2 Å². The highest BCUT2D eigenvalue weighted by atomic mass is 32.2. The van der Waals surface area contributed by atoms with Crippen molar-refractivity contribution in [2.45, 2.75) is 70.5 Å². The molecule has 0 aromatic rings. The minimum absolute atomic E-state index is 0.266. The summed E-state index contributed by atoms with van der Waals surface area (Å²) in [5.74, 6) is 0. The first kappa shape index (κ1) is 16.4. The van der Waals surface area contributed by atoms with Crippen LogP contribution < -0.4 is 4.72 Å². The van der Waals surface area contributed by atoms with Gasteiger partial charge in [-0.1, -0.05) is 52.4 Å². The van der Waals surface area contributed by atoms with Crippen molar-refractivity contribution >= 4 is 16.4 Å². The molecule has 0 saturated heterocycles. The van der Waals surface area contributed by atoms with E-state index >= 15 is 0 Å². The number of sulfonamides is 1. The topological polar surface area (TPSA) is 63.2 Å². The molecule has 4 nitrogen and oxygen atoms in total. The molecule has 0 unspecified atom stereocenters. The molecule has 102 valence electrons. The van der Waals surface area contributed by atoms with Gasteiger partial charge in [0.25, 0.3) is 0 Å². The fourth-order valence-electron chi connectivity index (χ4n) is 1.86. The number of amides is 1. The highest BCUT2D eigenvalue weighted by Gasteiger charge is 2.23. The van der Waals surface area contributed by atoms with E-state index in [1.807, 2.05) is 4.72 Å². The molecule has 0 fully saturated rings. The standard InChI is InChI=1S/C12H25NO3S/c1-3-5-7-9-12(10-8-6-4-2)17(15,16)13-11-14/h11-12H,3-10H2,1-2H3,(H,13,14). The van der Waals surface area contributed by atoms with Gasteiger partial charge in [-0.2, -0.15) is 0 Å². The largest absolute Gasteiger partial charge is 0.278 e. The maximum atomic E-state index is 11.8. The third-order valence-electron chi connectivity index (χ3n) is 2.91. The monoisotopic (exact) mass is 263 g/mol. The normalized spacial score (nSPS) is 11.7. The number of nitrogens with one attached hydrogen (secondary N) is 1. The summed E-state index contributed by atoms with van der Waals surface area (Å²) in [6.45, 7) is 4.18. The summed E-state index contributed by atoms with van der Waals surface area (Å²) in [5.41, 5.74) is 0. The minimum atomic E-state index is -3.45. The van der Waals surface area contributed by atoms with Crippen LogP contribution in [0.4, 0.5) is 0 Å². The predicted octanol–water partition coefficient (Wildman–Crippen LogP) is 2.59. The molecule has 0 aliphatic carbocycles. The molecule has 1 N–H and O–H groups in total. The fraction of sp³-hybridized carbons (Fsp3) is 0.917. The van der Waals surface area contributed by atoms with E-state index in [1.165, 1.54) is 0 Å². The van der Waals surface area contributed by atoms with Crippen LogP contribution in [0.5, 0.6) is 0 Å². The summed E-state index contributed by atoms with van der Waals surface area (Å²) >= 11 is 0. The first-order valence-electron chi connectivity index (χ1n) is 6.53. The van der Waals surface area contributed by atoms with Gasteiger partial charge >= 0.3 is 0 Å². The summed E-state index contributed by atoms with van der Waals surface area (Å²) in [6.07, 6.45) is 7.62. The second-order valence-corrected chi connectivity index (χ2v) is 6.39. The van der Waals surface area contributed by atoms with Gasteiger partial charge in [0.05, 0.1) is 5.25 Å². The van der Waals surface area contributed by atoms with Crippen molar-refractivity contribution in [2.24, 2.45) is 0 Å². The fourth-order valence-corrected chi connectivity index (χ4v) is 3.14. The second-order valence-electron chi connectivity index (χ2n) is 4.39. The van der Waals surface area contributed by atoms with E-state index in [2.05, 4.69) is 13.8 Å². The molecule has 0 bridgehead atoms. The van der Waals surface area contributed by atoms with Crippen molar-refractivity contribution in [3.63, 3.8) is 0 Å². The first-order valence-corrected chi connectivity index (χ1v) is 8.07. The Morgan fingerprint density at radius 2 is 1.47 bits per heavy atom. The molecule has 5 heteroatoms. The van der Waals surface area contributed by atoms with Gasteiger partial charge in [-0.05, 0) is 12.8 Å². The number of unbranched alkanes of at least 4 members (excludes halogenated alkanes) is 4. The Morgan fingerprint density at radius 1 is 1.00 bits per heavy atom. The third kappa shape index (κ3) is 7.36. The summed E-state index contributed by atoms with van der Waals surface area (Å²) < 4.78 is 25.5. The van der Waals surface area contributed by atoms with Crippen molar-refractivity contribution < 1.29 is 13.2 Å². The van der Waals surface area contributed by atoms with Crippen LogP contribution >= 0.6 is 0 Å². The highest BCUT2D eigenvalue weighted by Crippen LogP contribution is 2.17. The molecule has 0 aromatic heterocycles. The zero-order valence-corrected chi connectivity index (χ0v) is 11.8. The molecule has 0 aliphatic heterocycles. The molecule has 0 aromatic carbocycles. The summed E-state index contributed by atoms with van der Waals surface area (Å²) in [7, 11) is -3.45. The lowest BCUT2D eigenvalue weighted by Gasteiger charge is -2.16. The molecule has 0 aliphatic rings. The SMILES string of the molecule is CCCCCC(CCCCC)S(=O)(=O)NC=O. The van der Waals surface area contributed by atoms with Crippen molar-refractivity contribution in [1.82, 2.24) is 4.72 Å². The van der Waals surface area contributed by atoms with E-state index in [-0.39, 0.29) is 6.41 Å². The van der Waals surface area contributed by atoms with Crippen LogP contribution in [-0.4, -0.2) is 20.1 Å². The average Bonchev–Trinajstić information content (AvgIpc) is 2.27. The molecule has 17 heavy (non-hydrogen) atoms. The third-order valence-corrected chi connectivity index (χ3v) is 4.68. The van der Waals surface area contributed by atoms with E-state index in [4.69, 9.17) is 0 Å². The lowest BCUT2D eigenvalue weighted by Crippen LogP contribution is -2.33. The van der Waals surface area contributed by atoms with E-state index < -0.39 is 15.3 Å². The molecule has 0 atom stereocenters. The molecule has 1 amide bonds. The first-order chi connectivity index (χ1) is 8.08. The number of rotatable bonds is 11. The lowest BCUT2D eigenvalue weighted by molar-refractivity contribution is -0.108. The van der Waals surface area contributed by atoms with Crippen LogP contribution in [0.1, 0.15) is 65.2 Å². The smallest absolute Gasteiger partial charge is 0.237 e. The summed E-state index contributed by atoms with van der Waals surface area (Å²) in [4.78, 5) is 10.3. The van der Waals surface area contributed by atoms with Gasteiger partial charge in [-0.25, -0.2) is 8.42 Å². The zero-order valence-electron chi connectivity index (χ0n) is 10.9. The van der Waals surface area contributed by atoms with Crippen LogP contribution in [0.15, 0.2) is 0 Å². The van der Waals surface area contributed by atoms with Gasteiger partial charge in [-0.3, -0.25) is 9.52 Å². The van der Waals surface area contributed by atoms with E-state index in [0.717, 1.165) is 38.5 Å². The van der Waals surface area contributed by atoms with Crippen molar-refractivity contribution in [3.05, 3.63) is 0 Å². The van der Waals surface area contributed by atoms with Crippen molar-refractivity contribution in [1.29, 1.82) is 0 Å². The van der Waals surface area contributed by atoms with Gasteiger partial charge in [0.15, 0.2) is 0 Å². The second kappa shape index (κ2) is 9.45. The Morgan fingerprint density at radius 3 is 1.82 bits per heavy atom. The summed E-state index contributed by atoms with van der Waals surface area (Å²) in [5, 5.41) is -0.411. The van der Waals surface area contributed by atoms with Crippen LogP contribution in [0, 0.1) is 0 Å². The lowest BCUT2D eigenvalue weighted by atomic mass is 10.1. The predicted molar refractivity (Wildman–Crippen MR) is 70.2 cm³/mol. The molecule has 0 saturated carbocycles. The number of carbonyl (C=O) groups excluding carboxylic acids is 1. The quantitative estimate of drug-likeness (QED) is 0.460. The Balaban J connectivity index is 4.32. The molecule has 0 spiro atoms. The van der Waals surface area contributed by atoms with Gasteiger partial charge in [0.1, 0.15) is 0 Å². The maximum absolute atomic E-state index is 11.8. The van der Waals surface area contributed by atoms with Crippen LogP contribution in [-0.2, 0) is 14.8 Å². The Kier molecular flexibility index (Phi) is 9.13. The number of carbonyl (C=O) groups is 1. The van der Waals surface area contributed by atoms with Crippen LogP contribution in [0.25, 0.3) is 0 Å². The summed E-state index contributed by atoms with van der Waals surface area (Å²) in [6, 6.07) is 0. The number of hydrogen-bond acceptors (Lipinski definition) is 3. The molecule has 0 radical (unpaired) electrons. The zero-order chi connectivity index (χ0) is 13.1. The maximum Gasteiger partial charge on any atom is 0.237 e. The number of hydrogen-bond donors (Lipinski definition) is 1. The van der Waals surface area contributed by atoms with Gasteiger partial charge in [0.2, 0.25) is 16.4 Å². The van der Waals surface area contributed by atoms with Crippen LogP contribution in [0.2, 0.25) is 0 Å². The minimum Gasteiger partial charge on any atom is -0.278 e. The Hall–Kier alpha value is -0.580. The molecule has 0 heterocycles. The van der Waals surface area contributed by atoms with Crippen molar-refractivity contribution in [3.8, 4) is 0 Å². The van der Waals surface area contributed by atoms with Gasteiger partial charge < -0.3 is 0 Å². The Bertz CT molecular complexity index is 278. The van der Waals surface area contributed by atoms with Crippen molar-refractivity contribution in [2.75, 3.05) is 0 Å². The van der Waals surface area contributed by atoms with Gasteiger partial charge in [-0.15, -0.1) is 0 Å². The van der Waals surface area contributed by atoms with E-state index in [0.29, 0.717) is 12.8 Å². The van der Waals surface area contributed by atoms with Gasteiger partial charge in [0, 0.05) is 0 Å². The average molecular weight is 263 g/mol. The Labute approximate surface area is 105 Å².